The van der Waals surface area contributed by atoms with Crippen molar-refractivity contribution in [1.82, 2.24) is 0 Å². The minimum Gasteiger partial charge on any atom is -0.497 e. The number of methoxy groups -OCH3 is 4. The summed E-state index contributed by atoms with van der Waals surface area (Å²) in [5, 5.41) is 0. The van der Waals surface area contributed by atoms with Crippen LogP contribution in [0.2, 0.25) is 0 Å². The second-order valence-corrected chi connectivity index (χ2v) is 12.4. The fraction of sp³-hybridized carbons (Fsp3) is 0.231. The summed E-state index contributed by atoms with van der Waals surface area (Å²) in [4.78, 5) is 29.3. The zero-order valence-electron chi connectivity index (χ0n) is 30.0. The number of ether oxygens (including phenoxy) is 4. The number of Topliss-reactive ketones (excluding diaryl/α,β-unsaturated/α-hetero) is 2. The van der Waals surface area contributed by atoms with E-state index in [0.29, 0.717) is 55.6 Å². The van der Waals surface area contributed by atoms with Crippen molar-refractivity contribution in [2.24, 2.45) is 0 Å². The molecule has 0 aliphatic heterocycles. The van der Waals surface area contributed by atoms with Gasteiger partial charge in [-0.2, -0.15) is 0 Å². The van der Waals surface area contributed by atoms with Crippen LogP contribution in [0, 0.1) is 0 Å². The van der Waals surface area contributed by atoms with Crippen LogP contribution < -0.4 is 40.2 Å². The predicted molar refractivity (Wildman–Crippen MR) is 209 cm³/mol. The number of anilines is 4. The van der Waals surface area contributed by atoms with Crippen LogP contribution in [0.4, 0.5) is 22.7 Å². The Morgan fingerprint density at radius 3 is 1.42 bits per heavy atom. The molecule has 0 radical (unpaired) electrons. The topological polar surface area (TPSA) is 130 Å². The van der Waals surface area contributed by atoms with E-state index in [1.54, 1.807) is 96.0 Å². The minimum atomic E-state index is -0.145. The maximum absolute atomic E-state index is 12.8. The van der Waals surface area contributed by atoms with Gasteiger partial charge >= 0.3 is 0 Å². The maximum atomic E-state index is 12.8. The zero-order chi connectivity index (χ0) is 37.1. The lowest BCUT2D eigenvalue weighted by molar-refractivity contribution is 0.103. The highest BCUT2D eigenvalue weighted by atomic mass is 79.9. The number of allylic oxidation sites excluding steroid dienone is 2. The van der Waals surface area contributed by atoms with Gasteiger partial charge in [0.05, 0.1) is 55.7 Å². The molecule has 0 amide bonds. The summed E-state index contributed by atoms with van der Waals surface area (Å²) in [6.07, 6.45) is 3.52. The van der Waals surface area contributed by atoms with E-state index < -0.39 is 0 Å². The van der Waals surface area contributed by atoms with Crippen molar-refractivity contribution in [2.75, 3.05) is 77.9 Å². The first-order valence-corrected chi connectivity index (χ1v) is 16.3. The molecule has 264 valence electrons. The lowest BCUT2D eigenvalue weighted by atomic mass is 10.0. The van der Waals surface area contributed by atoms with Gasteiger partial charge in [0, 0.05) is 50.4 Å². The summed E-state index contributed by atoms with van der Waals surface area (Å²) in [6.45, 7) is 1.78. The van der Waals surface area contributed by atoms with Gasteiger partial charge in [-0.25, -0.2) is 0 Å². The molecule has 0 unspecified atom stereocenters. The molecular formula is C39H45BrN4O6. The quantitative estimate of drug-likeness (QED) is 0.0850. The molecule has 4 rings (SSSR count). The van der Waals surface area contributed by atoms with Crippen molar-refractivity contribution in [3.63, 3.8) is 0 Å². The van der Waals surface area contributed by atoms with Crippen molar-refractivity contribution in [2.45, 2.75) is 6.92 Å². The number of halogens is 1. The summed E-state index contributed by atoms with van der Waals surface area (Å²) in [5.74, 6) is 2.51. The van der Waals surface area contributed by atoms with E-state index in [1.165, 1.54) is 0 Å². The predicted octanol–water partition coefficient (Wildman–Crippen LogP) is 7.61. The Morgan fingerprint density at radius 1 is 0.600 bits per heavy atom. The van der Waals surface area contributed by atoms with Crippen molar-refractivity contribution < 1.29 is 28.5 Å². The summed E-state index contributed by atoms with van der Waals surface area (Å²) < 4.78 is 21.6. The number of hydrogen-bond acceptors (Lipinski definition) is 10. The molecule has 0 saturated carbocycles. The molecule has 4 aromatic rings. The first-order valence-electron chi connectivity index (χ1n) is 15.5. The fourth-order valence-electron chi connectivity index (χ4n) is 4.92. The summed E-state index contributed by atoms with van der Waals surface area (Å²) in [6, 6.07) is 21.4. The molecule has 10 nitrogen and oxygen atoms in total. The highest BCUT2D eigenvalue weighted by Crippen LogP contribution is 2.31. The number of rotatable bonds is 12. The molecule has 4 aromatic carbocycles. The lowest BCUT2D eigenvalue weighted by Crippen LogP contribution is -2.12. The standard InChI is InChI=1S/C20H24N2O3.C19H21BrN2O3/c1-13(10-15-11-16(24-4)7-9-19(15)25-5)20(23)14-6-8-17(21)18(12-14)22(2)3;1-22(2)17-11-12(5-7-16(17)21)19(23)15(20)10-13-9-14(24-3)6-8-18(13)25-4/h6-12H,21H2,1-5H3;5-11H,21H2,1-4H3/b13-10+;15-10+. The monoisotopic (exact) mass is 744 g/mol. The summed E-state index contributed by atoms with van der Waals surface area (Å²) >= 11 is 3.38. The van der Waals surface area contributed by atoms with Gasteiger partial charge in [-0.15, -0.1) is 0 Å². The van der Waals surface area contributed by atoms with E-state index in [-0.39, 0.29) is 11.6 Å². The Kier molecular flexibility index (Phi) is 13.9. The maximum Gasteiger partial charge on any atom is 0.200 e. The Morgan fingerprint density at radius 2 is 1.02 bits per heavy atom. The van der Waals surface area contributed by atoms with Crippen LogP contribution in [0.1, 0.15) is 38.8 Å². The number of carbonyl (C=O) groups excluding carboxylic acids is 2. The molecule has 0 saturated heterocycles. The number of hydrogen-bond donors (Lipinski definition) is 2. The third kappa shape index (κ3) is 9.82. The molecule has 0 bridgehead atoms. The van der Waals surface area contributed by atoms with Crippen LogP contribution in [0.25, 0.3) is 12.2 Å². The van der Waals surface area contributed by atoms with Crippen molar-refractivity contribution >= 4 is 62.4 Å². The molecule has 0 aliphatic rings. The molecule has 0 heterocycles. The van der Waals surface area contributed by atoms with Gasteiger partial charge in [0.1, 0.15) is 23.0 Å². The molecule has 0 aliphatic carbocycles. The molecular weight excluding hydrogens is 700 g/mol. The van der Waals surface area contributed by atoms with Gasteiger partial charge in [0.25, 0.3) is 0 Å². The van der Waals surface area contributed by atoms with E-state index in [2.05, 4.69) is 15.9 Å². The van der Waals surface area contributed by atoms with Gasteiger partial charge in [-0.1, -0.05) is 0 Å². The van der Waals surface area contributed by atoms with E-state index >= 15 is 0 Å². The van der Waals surface area contributed by atoms with Gasteiger partial charge in [0.15, 0.2) is 11.6 Å². The van der Waals surface area contributed by atoms with Crippen LogP contribution in [0.5, 0.6) is 23.0 Å². The summed E-state index contributed by atoms with van der Waals surface area (Å²) in [5.41, 5.74) is 18.0. The third-order valence-electron chi connectivity index (χ3n) is 7.65. The number of nitrogens with two attached hydrogens (primary N) is 2. The Bertz CT molecular complexity index is 1760. The normalized spacial score (nSPS) is 11.2. The first-order chi connectivity index (χ1) is 23.7. The molecule has 0 fully saturated rings. The van der Waals surface area contributed by atoms with Crippen LogP contribution in [-0.2, 0) is 0 Å². The molecule has 0 spiro atoms. The molecule has 11 heteroatoms. The average molecular weight is 746 g/mol. The smallest absolute Gasteiger partial charge is 0.200 e. The van der Waals surface area contributed by atoms with Gasteiger partial charge in [0.2, 0.25) is 0 Å². The van der Waals surface area contributed by atoms with E-state index in [9.17, 15) is 9.59 Å². The van der Waals surface area contributed by atoms with Crippen molar-refractivity contribution in [3.8, 4) is 23.0 Å². The minimum absolute atomic E-state index is 0.0621. The van der Waals surface area contributed by atoms with E-state index in [4.69, 9.17) is 30.4 Å². The highest BCUT2D eigenvalue weighted by molar-refractivity contribution is 9.12. The molecule has 4 N–H and O–H groups in total. The average Bonchev–Trinajstić information content (AvgIpc) is 3.11. The third-order valence-corrected chi connectivity index (χ3v) is 8.24. The number of nitrogen functional groups attached to an aromatic ring is 2. The van der Waals surface area contributed by atoms with Gasteiger partial charge in [-0.3, -0.25) is 9.59 Å². The number of carbonyl (C=O) groups is 2. The SMILES string of the molecule is COc1ccc(OC)c(/C=C(/Br)C(=O)c2ccc(N)c(N(C)C)c2)c1.COc1ccc(OC)c(/C=C(\C)C(=O)c2ccc(N)c(N(C)C)c2)c1. The Hall–Kier alpha value is -5.42. The first kappa shape index (κ1) is 39.0. The van der Waals surface area contributed by atoms with Gasteiger partial charge in [-0.05, 0) is 113 Å². The number of benzene rings is 4. The number of nitrogens with zero attached hydrogens (tertiary/aromatic N) is 2. The molecule has 0 atom stereocenters. The van der Waals surface area contributed by atoms with Gasteiger partial charge < -0.3 is 40.2 Å². The lowest BCUT2D eigenvalue weighted by Gasteiger charge is -2.16. The summed E-state index contributed by atoms with van der Waals surface area (Å²) in [7, 11) is 13.9. The van der Waals surface area contributed by atoms with Crippen LogP contribution in [0.3, 0.4) is 0 Å². The molecule has 50 heavy (non-hydrogen) atoms. The van der Waals surface area contributed by atoms with Crippen molar-refractivity contribution in [1.29, 1.82) is 0 Å². The largest absolute Gasteiger partial charge is 0.497 e. The molecule has 0 aromatic heterocycles. The van der Waals surface area contributed by atoms with Crippen LogP contribution in [-0.4, -0.2) is 68.2 Å². The van der Waals surface area contributed by atoms with Crippen molar-refractivity contribution in [3.05, 3.63) is 105 Å². The Labute approximate surface area is 303 Å². The highest BCUT2D eigenvalue weighted by Gasteiger charge is 2.15. The zero-order valence-corrected chi connectivity index (χ0v) is 31.5. The Balaban J connectivity index is 0.000000270. The second kappa shape index (κ2) is 17.8. The number of ketones is 2. The fourth-order valence-corrected chi connectivity index (χ4v) is 5.39. The van der Waals surface area contributed by atoms with Crippen LogP contribution in [0.15, 0.2) is 82.9 Å². The van der Waals surface area contributed by atoms with E-state index in [0.717, 1.165) is 22.5 Å². The van der Waals surface area contributed by atoms with E-state index in [1.807, 2.05) is 62.3 Å². The van der Waals surface area contributed by atoms with Crippen LogP contribution >= 0.6 is 15.9 Å². The second-order valence-electron chi connectivity index (χ2n) is 11.5.